The van der Waals surface area contributed by atoms with Crippen LogP contribution in [0, 0.1) is 5.92 Å². The summed E-state index contributed by atoms with van der Waals surface area (Å²) in [5.41, 5.74) is 1.16. The van der Waals surface area contributed by atoms with Crippen molar-refractivity contribution in [1.82, 2.24) is 10.2 Å². The summed E-state index contributed by atoms with van der Waals surface area (Å²) in [6, 6.07) is 6.68. The summed E-state index contributed by atoms with van der Waals surface area (Å²) in [7, 11) is 3.10. The lowest BCUT2D eigenvalue weighted by Crippen LogP contribution is -2.36. The van der Waals surface area contributed by atoms with Crippen molar-refractivity contribution in [3.05, 3.63) is 29.8 Å². The number of carbonyl (C=O) groups is 3. The fraction of sp³-hybridized carbons (Fsp3) is 0.400. The zero-order valence-corrected chi connectivity index (χ0v) is 12.2. The SMILES string of the molecule is CNC(=O)CN(C)C(=O)c1ccc(NC(=O)C2CC2)cc1. The number of hydrogen-bond acceptors (Lipinski definition) is 3. The topological polar surface area (TPSA) is 78.5 Å². The Hall–Kier alpha value is -2.37. The predicted molar refractivity (Wildman–Crippen MR) is 78.8 cm³/mol. The summed E-state index contributed by atoms with van der Waals surface area (Å²) >= 11 is 0. The number of hydrogen-bond donors (Lipinski definition) is 2. The molecule has 0 radical (unpaired) electrons. The van der Waals surface area contributed by atoms with E-state index in [1.165, 1.54) is 11.9 Å². The Morgan fingerprint density at radius 3 is 2.33 bits per heavy atom. The van der Waals surface area contributed by atoms with Gasteiger partial charge in [-0.3, -0.25) is 14.4 Å². The third-order valence-electron chi connectivity index (χ3n) is 3.35. The molecule has 0 aliphatic heterocycles. The van der Waals surface area contributed by atoms with Crippen LogP contribution in [0.5, 0.6) is 0 Å². The maximum Gasteiger partial charge on any atom is 0.254 e. The van der Waals surface area contributed by atoms with E-state index in [1.54, 1.807) is 31.3 Å². The van der Waals surface area contributed by atoms with Crippen molar-refractivity contribution in [3.8, 4) is 0 Å². The van der Waals surface area contributed by atoms with Crippen molar-refractivity contribution in [2.45, 2.75) is 12.8 Å². The lowest BCUT2D eigenvalue weighted by molar-refractivity contribution is -0.121. The van der Waals surface area contributed by atoms with Crippen molar-refractivity contribution >= 4 is 23.4 Å². The summed E-state index contributed by atoms with van der Waals surface area (Å²) in [5.74, 6) is -0.284. The second-order valence-corrected chi connectivity index (χ2v) is 5.18. The first kappa shape index (κ1) is 15.0. The molecular weight excluding hydrogens is 270 g/mol. The second-order valence-electron chi connectivity index (χ2n) is 5.18. The molecule has 112 valence electrons. The Labute approximate surface area is 123 Å². The number of benzene rings is 1. The van der Waals surface area contributed by atoms with Gasteiger partial charge in [-0.25, -0.2) is 0 Å². The molecule has 0 spiro atoms. The van der Waals surface area contributed by atoms with Crippen LogP contribution in [0.15, 0.2) is 24.3 Å². The van der Waals surface area contributed by atoms with Gasteiger partial charge in [0.25, 0.3) is 5.91 Å². The summed E-state index contributed by atoms with van der Waals surface area (Å²) in [6.45, 7) is 0.00943. The number of amides is 3. The molecule has 0 saturated heterocycles. The molecule has 1 fully saturated rings. The molecule has 0 unspecified atom stereocenters. The molecule has 0 aromatic heterocycles. The van der Waals surface area contributed by atoms with Crippen molar-refractivity contribution < 1.29 is 14.4 Å². The van der Waals surface area contributed by atoms with E-state index in [-0.39, 0.29) is 30.2 Å². The molecule has 0 bridgehead atoms. The van der Waals surface area contributed by atoms with Crippen molar-refractivity contribution in [2.24, 2.45) is 5.92 Å². The quantitative estimate of drug-likeness (QED) is 0.843. The van der Waals surface area contributed by atoms with Crippen LogP contribution in [0.1, 0.15) is 23.2 Å². The largest absolute Gasteiger partial charge is 0.358 e. The first-order valence-corrected chi connectivity index (χ1v) is 6.88. The molecule has 2 N–H and O–H groups in total. The van der Waals surface area contributed by atoms with Gasteiger partial charge in [-0.1, -0.05) is 0 Å². The van der Waals surface area contributed by atoms with E-state index < -0.39 is 0 Å². The van der Waals surface area contributed by atoms with Crippen molar-refractivity contribution in [2.75, 3.05) is 26.0 Å². The molecule has 0 atom stereocenters. The third kappa shape index (κ3) is 4.05. The molecule has 21 heavy (non-hydrogen) atoms. The monoisotopic (exact) mass is 289 g/mol. The molecule has 1 saturated carbocycles. The van der Waals surface area contributed by atoms with Crippen LogP contribution in [0.3, 0.4) is 0 Å². The van der Waals surface area contributed by atoms with E-state index in [1.807, 2.05) is 0 Å². The van der Waals surface area contributed by atoms with Gasteiger partial charge in [0, 0.05) is 31.3 Å². The summed E-state index contributed by atoms with van der Waals surface area (Å²) in [5, 5.41) is 5.28. The van der Waals surface area contributed by atoms with E-state index in [4.69, 9.17) is 0 Å². The predicted octanol–water partition coefficient (Wildman–Crippen LogP) is 0.853. The maximum atomic E-state index is 12.1. The summed E-state index contributed by atoms with van der Waals surface area (Å²) in [4.78, 5) is 36.3. The lowest BCUT2D eigenvalue weighted by atomic mass is 10.2. The van der Waals surface area contributed by atoms with Gasteiger partial charge in [0.1, 0.15) is 0 Å². The van der Waals surface area contributed by atoms with E-state index >= 15 is 0 Å². The Balaban J connectivity index is 1.95. The number of nitrogens with zero attached hydrogens (tertiary/aromatic N) is 1. The molecule has 6 heteroatoms. The summed E-state index contributed by atoms with van der Waals surface area (Å²) < 4.78 is 0. The smallest absolute Gasteiger partial charge is 0.254 e. The minimum Gasteiger partial charge on any atom is -0.358 e. The minimum atomic E-state index is -0.237. The second kappa shape index (κ2) is 6.39. The molecule has 1 aromatic carbocycles. The van der Waals surface area contributed by atoms with Gasteiger partial charge in [0.15, 0.2) is 0 Å². The van der Waals surface area contributed by atoms with E-state index in [2.05, 4.69) is 10.6 Å². The van der Waals surface area contributed by atoms with Crippen LogP contribution in [0.4, 0.5) is 5.69 Å². The molecule has 2 rings (SSSR count). The first-order chi connectivity index (χ1) is 10.0. The van der Waals surface area contributed by atoms with Gasteiger partial charge < -0.3 is 15.5 Å². The highest BCUT2D eigenvalue weighted by atomic mass is 16.2. The Bertz CT molecular complexity index is 550. The van der Waals surface area contributed by atoms with Gasteiger partial charge >= 0.3 is 0 Å². The normalized spacial score (nSPS) is 13.4. The van der Waals surface area contributed by atoms with E-state index in [9.17, 15) is 14.4 Å². The highest BCUT2D eigenvalue weighted by Crippen LogP contribution is 2.30. The molecular formula is C15H19N3O3. The zero-order chi connectivity index (χ0) is 15.4. The average molecular weight is 289 g/mol. The minimum absolute atomic E-state index is 0.00943. The van der Waals surface area contributed by atoms with Crippen LogP contribution >= 0.6 is 0 Å². The van der Waals surface area contributed by atoms with Crippen molar-refractivity contribution in [3.63, 3.8) is 0 Å². The molecule has 0 heterocycles. The maximum absolute atomic E-state index is 12.1. The molecule has 1 aliphatic carbocycles. The van der Waals surface area contributed by atoms with Crippen LogP contribution in [0.2, 0.25) is 0 Å². The van der Waals surface area contributed by atoms with Gasteiger partial charge in [0.2, 0.25) is 11.8 Å². The van der Waals surface area contributed by atoms with Crippen LogP contribution < -0.4 is 10.6 Å². The van der Waals surface area contributed by atoms with E-state index in [0.29, 0.717) is 11.3 Å². The third-order valence-corrected chi connectivity index (χ3v) is 3.35. The molecule has 1 aromatic rings. The van der Waals surface area contributed by atoms with E-state index in [0.717, 1.165) is 12.8 Å². The number of carbonyl (C=O) groups excluding carboxylic acids is 3. The zero-order valence-electron chi connectivity index (χ0n) is 12.2. The van der Waals surface area contributed by atoms with Crippen LogP contribution in [0.25, 0.3) is 0 Å². The van der Waals surface area contributed by atoms with Gasteiger partial charge in [-0.2, -0.15) is 0 Å². The number of likely N-dealkylation sites (N-methyl/N-ethyl adjacent to an activating group) is 2. The highest BCUT2D eigenvalue weighted by molar-refractivity contribution is 5.98. The average Bonchev–Trinajstić information content (AvgIpc) is 3.31. The van der Waals surface area contributed by atoms with Crippen LogP contribution in [-0.2, 0) is 9.59 Å². The highest BCUT2D eigenvalue weighted by Gasteiger charge is 2.29. The Morgan fingerprint density at radius 1 is 1.19 bits per heavy atom. The molecule has 1 aliphatic rings. The standard InChI is InChI=1S/C15H19N3O3/c1-16-13(19)9-18(2)15(21)11-5-7-12(8-6-11)17-14(20)10-3-4-10/h5-8,10H,3-4,9H2,1-2H3,(H,16,19)(H,17,20). The first-order valence-electron chi connectivity index (χ1n) is 6.88. The van der Waals surface area contributed by atoms with Gasteiger partial charge in [-0.15, -0.1) is 0 Å². The van der Waals surface area contributed by atoms with Crippen molar-refractivity contribution in [1.29, 1.82) is 0 Å². The van der Waals surface area contributed by atoms with Gasteiger partial charge in [0.05, 0.1) is 6.54 Å². The Morgan fingerprint density at radius 2 is 1.81 bits per heavy atom. The fourth-order valence-corrected chi connectivity index (χ4v) is 1.87. The number of rotatable bonds is 5. The Kier molecular flexibility index (Phi) is 4.57. The fourth-order valence-electron chi connectivity index (χ4n) is 1.87. The lowest BCUT2D eigenvalue weighted by Gasteiger charge is -2.16. The summed E-state index contributed by atoms with van der Waals surface area (Å²) in [6.07, 6.45) is 1.90. The molecule has 6 nitrogen and oxygen atoms in total. The van der Waals surface area contributed by atoms with Gasteiger partial charge in [-0.05, 0) is 37.1 Å². The molecule has 3 amide bonds. The van der Waals surface area contributed by atoms with Crippen LogP contribution in [-0.4, -0.2) is 43.3 Å². The number of anilines is 1. The number of nitrogens with one attached hydrogen (secondary N) is 2.